The third-order valence-corrected chi connectivity index (χ3v) is 10.4. The molecule has 0 heterocycles. The first-order chi connectivity index (χ1) is 26.3. The Kier molecular flexibility index (Phi) is 40.5. The lowest BCUT2D eigenvalue weighted by atomic mass is 10.1. The van der Waals surface area contributed by atoms with Crippen LogP contribution in [-0.2, 0) is 28.5 Å². The summed E-state index contributed by atoms with van der Waals surface area (Å²) in [6, 6.07) is 0.873. The second kappa shape index (κ2) is 41.4. The van der Waals surface area contributed by atoms with E-state index in [0.29, 0.717) is 51.2 Å². The van der Waals surface area contributed by atoms with Gasteiger partial charge in [-0.2, -0.15) is 0 Å². The van der Waals surface area contributed by atoms with Gasteiger partial charge in [-0.05, 0) is 66.2 Å². The van der Waals surface area contributed by atoms with Crippen molar-refractivity contribution < 1.29 is 28.5 Å². The quantitative estimate of drug-likeness (QED) is 0.0448. The van der Waals surface area contributed by atoms with Crippen molar-refractivity contribution in [2.24, 2.45) is 0 Å². The second-order valence-electron chi connectivity index (χ2n) is 16.2. The van der Waals surface area contributed by atoms with Gasteiger partial charge in [0.1, 0.15) is 0 Å². The Hall–Kier alpha value is -1.22. The summed E-state index contributed by atoms with van der Waals surface area (Å²) in [6.07, 6.45) is 30.0. The summed E-state index contributed by atoms with van der Waals surface area (Å²) in [6.45, 7) is 20.8. The van der Waals surface area contributed by atoms with Gasteiger partial charge in [0, 0.05) is 64.7 Å². The molecule has 0 aromatic carbocycles. The maximum Gasteiger partial charge on any atom is 0.307 e. The van der Waals surface area contributed by atoms with E-state index in [-0.39, 0.29) is 11.9 Å². The number of esters is 2. The Bertz CT molecular complexity index is 735. The van der Waals surface area contributed by atoms with Gasteiger partial charge in [0.05, 0.1) is 26.1 Å². The predicted octanol–water partition coefficient (Wildman–Crippen LogP) is 11.7. The van der Waals surface area contributed by atoms with E-state index in [1.54, 1.807) is 0 Å². The molecule has 0 aliphatic heterocycles. The molecular weight excluding hydrogens is 677 g/mol. The van der Waals surface area contributed by atoms with Crippen molar-refractivity contribution in [3.63, 3.8) is 0 Å². The average molecular weight is 769 g/mol. The van der Waals surface area contributed by atoms with Crippen LogP contribution < -0.4 is 0 Å². The number of hydrogen-bond acceptors (Lipinski definition) is 8. The van der Waals surface area contributed by atoms with Crippen LogP contribution in [0.25, 0.3) is 0 Å². The van der Waals surface area contributed by atoms with Crippen LogP contribution in [0.15, 0.2) is 0 Å². The summed E-state index contributed by atoms with van der Waals surface area (Å²) in [5.74, 6) is -0.295. The van der Waals surface area contributed by atoms with Crippen molar-refractivity contribution in [1.82, 2.24) is 9.80 Å². The number of unbranched alkanes of at least 4 members (excludes halogenated alkanes) is 20. The lowest BCUT2D eigenvalue weighted by Gasteiger charge is -2.33. The van der Waals surface area contributed by atoms with Crippen molar-refractivity contribution in [2.75, 3.05) is 65.8 Å². The van der Waals surface area contributed by atoms with E-state index in [1.807, 2.05) is 0 Å². The predicted molar refractivity (Wildman–Crippen MR) is 228 cm³/mol. The Morgan fingerprint density at radius 1 is 0.389 bits per heavy atom. The van der Waals surface area contributed by atoms with Crippen LogP contribution >= 0.6 is 0 Å². The highest BCUT2D eigenvalue weighted by molar-refractivity contribution is 5.70. The van der Waals surface area contributed by atoms with Gasteiger partial charge in [0.25, 0.3) is 0 Å². The maximum absolute atomic E-state index is 12.6. The molecule has 0 atom stereocenters. The first-order valence-corrected chi connectivity index (χ1v) is 23.3. The van der Waals surface area contributed by atoms with E-state index in [9.17, 15) is 9.59 Å². The number of rotatable bonds is 43. The Morgan fingerprint density at radius 3 is 1.00 bits per heavy atom. The average Bonchev–Trinajstić information content (AvgIpc) is 3.15. The summed E-state index contributed by atoms with van der Waals surface area (Å²) < 4.78 is 22.8. The zero-order valence-electron chi connectivity index (χ0n) is 37.0. The molecule has 322 valence electrons. The van der Waals surface area contributed by atoms with Crippen LogP contribution in [0.2, 0.25) is 0 Å². The van der Waals surface area contributed by atoms with Crippen molar-refractivity contribution >= 4 is 11.9 Å². The molecule has 0 aliphatic carbocycles. The van der Waals surface area contributed by atoms with E-state index in [2.05, 4.69) is 51.3 Å². The van der Waals surface area contributed by atoms with Gasteiger partial charge in [-0.1, -0.05) is 129 Å². The largest absolute Gasteiger partial charge is 0.466 e. The fourth-order valence-electron chi connectivity index (χ4n) is 6.92. The van der Waals surface area contributed by atoms with Crippen LogP contribution in [0.4, 0.5) is 0 Å². The molecule has 0 aliphatic rings. The molecule has 0 radical (unpaired) electrons. The molecule has 0 saturated heterocycles. The summed E-state index contributed by atoms with van der Waals surface area (Å²) in [7, 11) is 0. The normalized spacial score (nSPS) is 11.8. The van der Waals surface area contributed by atoms with Crippen molar-refractivity contribution in [3.8, 4) is 0 Å². The standard InChI is InChI=1S/C46H92N2O6/c1-7-9-11-13-15-19-25-37-51-39-27-21-17-23-29-41-53-45(49)31-33-47(35-36-48(43(3)4)44(5)6)34-32-46(50)54-42-30-24-18-22-28-40-52-38-26-20-16-14-12-10-8-2/h43-44H,7-42H2,1-6H3. The molecule has 0 saturated carbocycles. The van der Waals surface area contributed by atoms with E-state index < -0.39 is 0 Å². The van der Waals surface area contributed by atoms with E-state index in [4.69, 9.17) is 18.9 Å². The topological polar surface area (TPSA) is 77.5 Å². The molecule has 8 heteroatoms. The van der Waals surface area contributed by atoms with E-state index in [0.717, 1.165) is 90.9 Å². The summed E-state index contributed by atoms with van der Waals surface area (Å²) >= 11 is 0. The van der Waals surface area contributed by atoms with Crippen molar-refractivity contribution in [1.29, 1.82) is 0 Å². The lowest BCUT2D eigenvalue weighted by Crippen LogP contribution is -2.43. The third kappa shape index (κ3) is 37.7. The molecule has 0 rings (SSSR count). The third-order valence-electron chi connectivity index (χ3n) is 10.4. The van der Waals surface area contributed by atoms with Crippen molar-refractivity contribution in [3.05, 3.63) is 0 Å². The van der Waals surface area contributed by atoms with Crippen LogP contribution in [0.5, 0.6) is 0 Å². The van der Waals surface area contributed by atoms with Gasteiger partial charge in [-0.3, -0.25) is 14.5 Å². The highest BCUT2D eigenvalue weighted by atomic mass is 16.5. The number of hydrogen-bond donors (Lipinski definition) is 0. The summed E-state index contributed by atoms with van der Waals surface area (Å²) in [5.41, 5.74) is 0. The molecular formula is C46H92N2O6. The SMILES string of the molecule is CCCCCCCCCOCCCCCCCOC(=O)CCN(CCC(=O)OCCCCCCCOCCCCCCCCC)CCN(C(C)C)C(C)C. The number of carbonyl (C=O) groups excluding carboxylic acids is 2. The van der Waals surface area contributed by atoms with Crippen LogP contribution in [0.3, 0.4) is 0 Å². The molecule has 0 aromatic heterocycles. The molecule has 0 bridgehead atoms. The number of ether oxygens (including phenoxy) is 4. The Morgan fingerprint density at radius 2 is 0.685 bits per heavy atom. The van der Waals surface area contributed by atoms with Gasteiger partial charge >= 0.3 is 11.9 Å². The number of nitrogens with zero attached hydrogens (tertiary/aromatic N) is 2. The van der Waals surface area contributed by atoms with Gasteiger partial charge in [-0.25, -0.2) is 0 Å². The first kappa shape index (κ1) is 52.8. The molecule has 0 spiro atoms. The highest BCUT2D eigenvalue weighted by Crippen LogP contribution is 2.11. The molecule has 0 N–H and O–H groups in total. The fraction of sp³-hybridized carbons (Fsp3) is 0.957. The Balaban J connectivity index is 4.07. The second-order valence-corrected chi connectivity index (χ2v) is 16.2. The fourth-order valence-corrected chi connectivity index (χ4v) is 6.92. The first-order valence-electron chi connectivity index (χ1n) is 23.3. The molecule has 8 nitrogen and oxygen atoms in total. The van der Waals surface area contributed by atoms with Crippen molar-refractivity contribution in [2.45, 2.75) is 221 Å². The van der Waals surface area contributed by atoms with Crippen LogP contribution in [0, 0.1) is 0 Å². The zero-order valence-corrected chi connectivity index (χ0v) is 37.0. The minimum Gasteiger partial charge on any atom is -0.466 e. The van der Waals surface area contributed by atoms with Crippen LogP contribution in [0.1, 0.15) is 208 Å². The Labute approximate surface area is 335 Å². The lowest BCUT2D eigenvalue weighted by molar-refractivity contribution is -0.144. The summed E-state index contributed by atoms with van der Waals surface area (Å²) in [5, 5.41) is 0. The zero-order chi connectivity index (χ0) is 39.7. The van der Waals surface area contributed by atoms with Crippen LogP contribution in [-0.4, -0.2) is 99.6 Å². The number of carbonyl (C=O) groups is 2. The molecule has 0 fully saturated rings. The summed E-state index contributed by atoms with van der Waals surface area (Å²) in [4.78, 5) is 29.9. The molecule has 0 amide bonds. The molecule has 0 unspecified atom stereocenters. The van der Waals surface area contributed by atoms with Gasteiger partial charge in [0.2, 0.25) is 0 Å². The van der Waals surface area contributed by atoms with Gasteiger partial charge in [-0.15, -0.1) is 0 Å². The van der Waals surface area contributed by atoms with E-state index in [1.165, 1.54) is 103 Å². The monoisotopic (exact) mass is 769 g/mol. The molecule has 54 heavy (non-hydrogen) atoms. The smallest absolute Gasteiger partial charge is 0.307 e. The maximum atomic E-state index is 12.6. The minimum atomic E-state index is -0.148. The van der Waals surface area contributed by atoms with Gasteiger partial charge < -0.3 is 23.8 Å². The minimum absolute atomic E-state index is 0.148. The van der Waals surface area contributed by atoms with Gasteiger partial charge in [0.15, 0.2) is 0 Å². The van der Waals surface area contributed by atoms with E-state index >= 15 is 0 Å². The highest BCUT2D eigenvalue weighted by Gasteiger charge is 2.17. The molecule has 0 aromatic rings.